The SMILES string of the molecule is Cn1ccc(=O)n(Cc2nc(Cl)ccc2Cl)c1=O. The minimum atomic E-state index is -0.430. The van der Waals surface area contributed by atoms with Crippen LogP contribution in [0.15, 0.2) is 34.0 Å². The Hall–Kier alpha value is -1.59. The number of hydrogen-bond donors (Lipinski definition) is 0. The summed E-state index contributed by atoms with van der Waals surface area (Å²) >= 11 is 11.7. The molecule has 2 heterocycles. The van der Waals surface area contributed by atoms with Gasteiger partial charge in [0.15, 0.2) is 0 Å². The lowest BCUT2D eigenvalue weighted by Gasteiger charge is -2.07. The molecule has 94 valence electrons. The lowest BCUT2D eigenvalue weighted by Crippen LogP contribution is -2.38. The van der Waals surface area contributed by atoms with Gasteiger partial charge in [0.1, 0.15) is 5.15 Å². The zero-order valence-electron chi connectivity index (χ0n) is 9.43. The number of aryl methyl sites for hydroxylation is 1. The van der Waals surface area contributed by atoms with E-state index in [1.165, 1.54) is 16.8 Å². The molecule has 0 N–H and O–H groups in total. The van der Waals surface area contributed by atoms with E-state index in [0.29, 0.717) is 10.7 Å². The van der Waals surface area contributed by atoms with Gasteiger partial charge in [0.05, 0.1) is 17.3 Å². The minimum Gasteiger partial charge on any atom is -0.303 e. The molecule has 0 aliphatic heterocycles. The van der Waals surface area contributed by atoms with Crippen LogP contribution in [0.1, 0.15) is 5.69 Å². The highest BCUT2D eigenvalue weighted by atomic mass is 35.5. The first-order chi connectivity index (χ1) is 8.49. The first-order valence-corrected chi connectivity index (χ1v) is 5.82. The van der Waals surface area contributed by atoms with Gasteiger partial charge in [-0.2, -0.15) is 0 Å². The number of halogens is 2. The third-order valence-corrected chi connectivity index (χ3v) is 2.99. The third-order valence-electron chi connectivity index (χ3n) is 2.43. The number of aromatic nitrogens is 3. The van der Waals surface area contributed by atoms with Gasteiger partial charge < -0.3 is 4.57 Å². The number of hydrogen-bond acceptors (Lipinski definition) is 3. The van der Waals surface area contributed by atoms with Crippen molar-refractivity contribution in [2.24, 2.45) is 7.05 Å². The van der Waals surface area contributed by atoms with Crippen LogP contribution in [0, 0.1) is 0 Å². The van der Waals surface area contributed by atoms with Crippen molar-refractivity contribution in [2.75, 3.05) is 0 Å². The molecular formula is C11H9Cl2N3O2. The molecule has 0 spiro atoms. The summed E-state index contributed by atoms with van der Waals surface area (Å²) in [5.41, 5.74) is -0.453. The average molecular weight is 286 g/mol. The van der Waals surface area contributed by atoms with Crippen LogP contribution in [-0.2, 0) is 13.6 Å². The normalized spacial score (nSPS) is 10.6. The Balaban J connectivity index is 2.53. The number of pyridine rings is 1. The highest BCUT2D eigenvalue weighted by Crippen LogP contribution is 2.16. The van der Waals surface area contributed by atoms with Gasteiger partial charge in [-0.15, -0.1) is 0 Å². The molecular weight excluding hydrogens is 277 g/mol. The van der Waals surface area contributed by atoms with E-state index in [9.17, 15) is 9.59 Å². The van der Waals surface area contributed by atoms with Crippen LogP contribution < -0.4 is 11.2 Å². The molecule has 0 atom stereocenters. The zero-order valence-corrected chi connectivity index (χ0v) is 10.9. The maximum atomic E-state index is 11.8. The molecule has 0 aliphatic carbocycles. The molecule has 2 aromatic heterocycles. The molecule has 2 rings (SSSR count). The Morgan fingerprint density at radius 1 is 1.22 bits per heavy atom. The summed E-state index contributed by atoms with van der Waals surface area (Å²) in [7, 11) is 1.56. The second-order valence-corrected chi connectivity index (χ2v) is 4.49. The van der Waals surface area contributed by atoms with Crippen LogP contribution in [0.25, 0.3) is 0 Å². The minimum absolute atomic E-state index is 0.00819. The van der Waals surface area contributed by atoms with Gasteiger partial charge in [-0.1, -0.05) is 23.2 Å². The van der Waals surface area contributed by atoms with Crippen molar-refractivity contribution >= 4 is 23.2 Å². The first-order valence-electron chi connectivity index (χ1n) is 5.06. The fourth-order valence-electron chi connectivity index (χ4n) is 1.48. The summed E-state index contributed by atoms with van der Waals surface area (Å²) in [4.78, 5) is 27.5. The van der Waals surface area contributed by atoms with Crippen LogP contribution in [0.3, 0.4) is 0 Å². The van der Waals surface area contributed by atoms with Gasteiger partial charge >= 0.3 is 5.69 Å². The van der Waals surface area contributed by atoms with Crippen molar-refractivity contribution in [3.8, 4) is 0 Å². The van der Waals surface area contributed by atoms with Crippen molar-refractivity contribution in [2.45, 2.75) is 6.54 Å². The van der Waals surface area contributed by atoms with E-state index in [0.717, 1.165) is 4.57 Å². The molecule has 0 saturated carbocycles. The highest BCUT2D eigenvalue weighted by Gasteiger charge is 2.08. The van der Waals surface area contributed by atoms with Crippen LogP contribution in [0.4, 0.5) is 0 Å². The van der Waals surface area contributed by atoms with E-state index >= 15 is 0 Å². The average Bonchev–Trinajstić information content (AvgIpc) is 2.34. The van der Waals surface area contributed by atoms with Crippen molar-refractivity contribution in [1.82, 2.24) is 14.1 Å². The van der Waals surface area contributed by atoms with Crippen molar-refractivity contribution in [1.29, 1.82) is 0 Å². The summed E-state index contributed by atoms with van der Waals surface area (Å²) < 4.78 is 2.35. The molecule has 0 amide bonds. The molecule has 2 aromatic rings. The van der Waals surface area contributed by atoms with Crippen molar-refractivity contribution in [3.05, 3.63) is 61.1 Å². The van der Waals surface area contributed by atoms with Gasteiger partial charge in [-0.05, 0) is 12.1 Å². The number of rotatable bonds is 2. The topological polar surface area (TPSA) is 56.9 Å². The predicted molar refractivity (Wildman–Crippen MR) is 69.3 cm³/mol. The lowest BCUT2D eigenvalue weighted by molar-refractivity contribution is 0.631. The first kappa shape index (κ1) is 12.9. The smallest absolute Gasteiger partial charge is 0.303 e. The number of nitrogens with zero attached hydrogens (tertiary/aromatic N) is 3. The molecule has 0 aliphatic rings. The van der Waals surface area contributed by atoms with Crippen LogP contribution in [0.2, 0.25) is 10.2 Å². The van der Waals surface area contributed by atoms with E-state index in [1.807, 2.05) is 0 Å². The van der Waals surface area contributed by atoms with Gasteiger partial charge in [0.25, 0.3) is 5.56 Å². The van der Waals surface area contributed by atoms with Gasteiger partial charge in [-0.3, -0.25) is 9.36 Å². The second kappa shape index (κ2) is 4.96. The maximum Gasteiger partial charge on any atom is 0.331 e. The summed E-state index contributed by atoms with van der Waals surface area (Å²) in [6.45, 7) is -0.00819. The maximum absolute atomic E-state index is 11.8. The van der Waals surface area contributed by atoms with E-state index in [1.54, 1.807) is 19.2 Å². The van der Waals surface area contributed by atoms with E-state index in [4.69, 9.17) is 23.2 Å². The molecule has 0 aromatic carbocycles. The summed E-state index contributed by atoms with van der Waals surface area (Å²) in [6, 6.07) is 4.42. The zero-order chi connectivity index (χ0) is 13.3. The van der Waals surface area contributed by atoms with Crippen molar-refractivity contribution in [3.63, 3.8) is 0 Å². The molecule has 7 heteroatoms. The second-order valence-electron chi connectivity index (χ2n) is 3.70. The third kappa shape index (κ3) is 2.47. The quantitative estimate of drug-likeness (QED) is 0.782. The predicted octanol–water partition coefficient (Wildman–Crippen LogP) is 1.30. The van der Waals surface area contributed by atoms with E-state index < -0.39 is 11.2 Å². The van der Waals surface area contributed by atoms with Gasteiger partial charge in [0, 0.05) is 19.3 Å². The van der Waals surface area contributed by atoms with E-state index in [2.05, 4.69) is 4.98 Å². The van der Waals surface area contributed by atoms with Gasteiger partial charge in [-0.25, -0.2) is 9.78 Å². The van der Waals surface area contributed by atoms with Crippen LogP contribution >= 0.6 is 23.2 Å². The Morgan fingerprint density at radius 3 is 2.67 bits per heavy atom. The Morgan fingerprint density at radius 2 is 1.94 bits per heavy atom. The Bertz CT molecular complexity index is 706. The molecule has 0 bridgehead atoms. The molecule has 0 fully saturated rings. The molecule has 0 saturated heterocycles. The fourth-order valence-corrected chi connectivity index (χ4v) is 1.81. The van der Waals surface area contributed by atoms with Crippen LogP contribution in [-0.4, -0.2) is 14.1 Å². The summed E-state index contributed by atoms with van der Waals surface area (Å²) in [6.07, 6.45) is 1.41. The van der Waals surface area contributed by atoms with Gasteiger partial charge in [0.2, 0.25) is 0 Å². The fraction of sp³-hybridized carbons (Fsp3) is 0.182. The van der Waals surface area contributed by atoms with Crippen molar-refractivity contribution < 1.29 is 0 Å². The molecule has 18 heavy (non-hydrogen) atoms. The molecule has 0 radical (unpaired) electrons. The molecule has 5 nitrogen and oxygen atoms in total. The monoisotopic (exact) mass is 285 g/mol. The Labute approximate surface area is 112 Å². The Kier molecular flexibility index (Phi) is 3.54. The van der Waals surface area contributed by atoms with E-state index in [-0.39, 0.29) is 11.7 Å². The molecule has 0 unspecified atom stereocenters. The highest BCUT2D eigenvalue weighted by molar-refractivity contribution is 6.32. The summed E-state index contributed by atoms with van der Waals surface area (Å²) in [5.74, 6) is 0. The lowest BCUT2D eigenvalue weighted by atomic mass is 10.3. The largest absolute Gasteiger partial charge is 0.331 e. The standard InChI is InChI=1S/C11H9Cl2N3O2/c1-15-5-4-10(17)16(11(15)18)6-8-7(12)2-3-9(13)14-8/h2-5H,6H2,1H3. The summed E-state index contributed by atoms with van der Waals surface area (Å²) in [5, 5.41) is 0.618. The van der Waals surface area contributed by atoms with Crippen LogP contribution in [0.5, 0.6) is 0 Å².